The zero-order valence-corrected chi connectivity index (χ0v) is 9.29. The number of carbonyl (C=O) groups is 1. The van der Waals surface area contributed by atoms with Gasteiger partial charge >= 0.3 is 5.97 Å². The lowest BCUT2D eigenvalue weighted by atomic mass is 10.2. The molecule has 0 aromatic carbocycles. The summed E-state index contributed by atoms with van der Waals surface area (Å²) in [6, 6.07) is 0.706. The van der Waals surface area contributed by atoms with Crippen molar-refractivity contribution in [2.24, 2.45) is 0 Å². The molecule has 0 saturated carbocycles. The Bertz CT molecular complexity index is 182. The molecule has 0 bridgehead atoms. The second-order valence-corrected chi connectivity index (χ2v) is 3.94. The third-order valence-electron chi connectivity index (χ3n) is 2.82. The molecule has 1 aliphatic rings. The van der Waals surface area contributed by atoms with Gasteiger partial charge in [0.1, 0.15) is 0 Å². The Labute approximate surface area is 86.4 Å². The Hall–Kier alpha value is -0.570. The van der Waals surface area contributed by atoms with Crippen molar-refractivity contribution >= 4 is 5.97 Å². The van der Waals surface area contributed by atoms with E-state index in [1.807, 2.05) is 6.92 Å². The summed E-state index contributed by atoms with van der Waals surface area (Å²) in [5.41, 5.74) is 0. The van der Waals surface area contributed by atoms with Crippen LogP contribution in [0.5, 0.6) is 0 Å². The van der Waals surface area contributed by atoms with Crippen LogP contribution in [0.25, 0.3) is 0 Å². The van der Waals surface area contributed by atoms with Gasteiger partial charge in [-0.2, -0.15) is 0 Å². The highest BCUT2D eigenvalue weighted by atomic mass is 16.5. The van der Waals surface area contributed by atoms with Crippen LogP contribution in [0.4, 0.5) is 0 Å². The molecule has 3 nitrogen and oxygen atoms in total. The average molecular weight is 199 g/mol. The van der Waals surface area contributed by atoms with Gasteiger partial charge in [-0.15, -0.1) is 0 Å². The van der Waals surface area contributed by atoms with Gasteiger partial charge in [0.2, 0.25) is 0 Å². The Kier molecular flexibility index (Phi) is 4.94. The molecule has 1 rings (SSSR count). The van der Waals surface area contributed by atoms with Crippen molar-refractivity contribution in [3.05, 3.63) is 0 Å². The van der Waals surface area contributed by atoms with Gasteiger partial charge in [-0.05, 0) is 46.2 Å². The second-order valence-electron chi connectivity index (χ2n) is 3.94. The van der Waals surface area contributed by atoms with E-state index in [2.05, 4.69) is 11.8 Å². The summed E-state index contributed by atoms with van der Waals surface area (Å²) in [4.78, 5) is 13.5. The fraction of sp³-hybridized carbons (Fsp3) is 0.909. The van der Waals surface area contributed by atoms with Gasteiger partial charge in [0.25, 0.3) is 0 Å². The van der Waals surface area contributed by atoms with Crippen molar-refractivity contribution in [2.75, 3.05) is 19.7 Å². The highest BCUT2D eigenvalue weighted by Gasteiger charge is 2.19. The monoisotopic (exact) mass is 199 g/mol. The number of carbonyl (C=O) groups excluding carboxylic acids is 1. The van der Waals surface area contributed by atoms with E-state index in [9.17, 15) is 4.79 Å². The molecule has 82 valence electrons. The van der Waals surface area contributed by atoms with Crippen molar-refractivity contribution < 1.29 is 9.53 Å². The molecule has 1 aliphatic heterocycles. The highest BCUT2D eigenvalue weighted by molar-refractivity contribution is 5.69. The maximum Gasteiger partial charge on any atom is 0.305 e. The maximum atomic E-state index is 11.1. The Balaban J connectivity index is 2.06. The molecule has 1 fully saturated rings. The molecule has 1 heterocycles. The Morgan fingerprint density at radius 3 is 2.93 bits per heavy atom. The van der Waals surface area contributed by atoms with Gasteiger partial charge in [0.15, 0.2) is 0 Å². The third-order valence-corrected chi connectivity index (χ3v) is 2.82. The molecule has 1 saturated heterocycles. The number of hydrogen-bond donors (Lipinski definition) is 0. The fourth-order valence-corrected chi connectivity index (χ4v) is 1.98. The van der Waals surface area contributed by atoms with Gasteiger partial charge in [-0.3, -0.25) is 4.79 Å². The molecule has 0 aromatic heterocycles. The summed E-state index contributed by atoms with van der Waals surface area (Å²) in [5.74, 6) is -0.0562. The number of rotatable bonds is 5. The van der Waals surface area contributed by atoms with Crippen molar-refractivity contribution in [1.82, 2.24) is 4.90 Å². The summed E-state index contributed by atoms with van der Waals surface area (Å²) in [7, 11) is 0. The van der Waals surface area contributed by atoms with Crippen LogP contribution in [-0.2, 0) is 9.53 Å². The number of nitrogens with zero attached hydrogens (tertiary/aromatic N) is 1. The van der Waals surface area contributed by atoms with E-state index >= 15 is 0 Å². The predicted octanol–water partition coefficient (Wildman–Crippen LogP) is 1.81. The standard InChI is InChI=1S/C11H21NO2/c1-3-14-11(13)7-5-9-12-8-4-6-10(12)2/h10H,3-9H2,1-2H3. The molecule has 0 amide bonds. The lowest BCUT2D eigenvalue weighted by molar-refractivity contribution is -0.143. The third kappa shape index (κ3) is 3.66. The summed E-state index contributed by atoms with van der Waals surface area (Å²) in [6.45, 7) is 6.85. The molecular weight excluding hydrogens is 178 g/mol. The van der Waals surface area contributed by atoms with Crippen LogP contribution in [-0.4, -0.2) is 36.6 Å². The molecule has 1 atom stereocenters. The first-order chi connectivity index (χ1) is 6.74. The van der Waals surface area contributed by atoms with Gasteiger partial charge < -0.3 is 9.64 Å². The number of likely N-dealkylation sites (tertiary alicyclic amines) is 1. The lowest BCUT2D eigenvalue weighted by Crippen LogP contribution is -2.28. The van der Waals surface area contributed by atoms with Crippen LogP contribution < -0.4 is 0 Å². The number of ether oxygens (including phenoxy) is 1. The SMILES string of the molecule is CCOC(=O)CCCN1CCCC1C. The molecule has 3 heteroatoms. The molecule has 0 N–H and O–H groups in total. The van der Waals surface area contributed by atoms with Gasteiger partial charge in [-0.1, -0.05) is 0 Å². The Morgan fingerprint density at radius 1 is 1.57 bits per heavy atom. The van der Waals surface area contributed by atoms with Crippen molar-refractivity contribution in [2.45, 2.75) is 45.6 Å². The normalized spacial score (nSPS) is 22.6. The van der Waals surface area contributed by atoms with E-state index in [1.54, 1.807) is 0 Å². The van der Waals surface area contributed by atoms with Crippen LogP contribution in [0.2, 0.25) is 0 Å². The highest BCUT2D eigenvalue weighted by Crippen LogP contribution is 2.16. The summed E-state index contributed by atoms with van der Waals surface area (Å²) < 4.78 is 4.88. The first-order valence-corrected chi connectivity index (χ1v) is 5.63. The van der Waals surface area contributed by atoms with Crippen LogP contribution in [0.15, 0.2) is 0 Å². The Morgan fingerprint density at radius 2 is 2.36 bits per heavy atom. The smallest absolute Gasteiger partial charge is 0.305 e. The first kappa shape index (κ1) is 11.5. The first-order valence-electron chi connectivity index (χ1n) is 5.63. The van der Waals surface area contributed by atoms with Gasteiger partial charge in [0, 0.05) is 12.5 Å². The van der Waals surface area contributed by atoms with Crippen molar-refractivity contribution in [1.29, 1.82) is 0 Å². The molecule has 1 unspecified atom stereocenters. The molecule has 0 aliphatic carbocycles. The molecule has 0 spiro atoms. The van der Waals surface area contributed by atoms with Gasteiger partial charge in [0.05, 0.1) is 6.61 Å². The minimum absolute atomic E-state index is 0.0562. The van der Waals surface area contributed by atoms with E-state index in [0.29, 0.717) is 19.1 Å². The van der Waals surface area contributed by atoms with Crippen LogP contribution in [0.3, 0.4) is 0 Å². The predicted molar refractivity (Wildman–Crippen MR) is 56.1 cm³/mol. The molecular formula is C11H21NO2. The van der Waals surface area contributed by atoms with E-state index in [-0.39, 0.29) is 5.97 Å². The van der Waals surface area contributed by atoms with Crippen LogP contribution in [0.1, 0.15) is 39.5 Å². The quantitative estimate of drug-likeness (QED) is 0.632. The largest absolute Gasteiger partial charge is 0.466 e. The fourth-order valence-electron chi connectivity index (χ4n) is 1.98. The zero-order chi connectivity index (χ0) is 10.4. The van der Waals surface area contributed by atoms with E-state index in [4.69, 9.17) is 4.74 Å². The zero-order valence-electron chi connectivity index (χ0n) is 9.29. The van der Waals surface area contributed by atoms with Gasteiger partial charge in [-0.25, -0.2) is 0 Å². The van der Waals surface area contributed by atoms with Crippen LogP contribution in [0, 0.1) is 0 Å². The number of hydrogen-bond acceptors (Lipinski definition) is 3. The summed E-state index contributed by atoms with van der Waals surface area (Å²) in [6.07, 6.45) is 4.11. The van der Waals surface area contributed by atoms with E-state index in [1.165, 1.54) is 19.4 Å². The van der Waals surface area contributed by atoms with Crippen molar-refractivity contribution in [3.8, 4) is 0 Å². The van der Waals surface area contributed by atoms with Crippen LogP contribution >= 0.6 is 0 Å². The van der Waals surface area contributed by atoms with Crippen molar-refractivity contribution in [3.63, 3.8) is 0 Å². The number of esters is 1. The van der Waals surface area contributed by atoms with E-state index < -0.39 is 0 Å². The molecule has 0 aromatic rings. The minimum Gasteiger partial charge on any atom is -0.466 e. The maximum absolute atomic E-state index is 11.1. The molecule has 0 radical (unpaired) electrons. The topological polar surface area (TPSA) is 29.5 Å². The lowest BCUT2D eigenvalue weighted by Gasteiger charge is -2.20. The minimum atomic E-state index is -0.0562. The summed E-state index contributed by atoms with van der Waals surface area (Å²) >= 11 is 0. The average Bonchev–Trinajstić information content (AvgIpc) is 2.52. The summed E-state index contributed by atoms with van der Waals surface area (Å²) in [5, 5.41) is 0. The molecule has 14 heavy (non-hydrogen) atoms. The van der Waals surface area contributed by atoms with E-state index in [0.717, 1.165) is 13.0 Å². The second kappa shape index (κ2) is 6.02.